The number of hydrogen-bond acceptors (Lipinski definition) is 5. The molecule has 1 saturated carbocycles. The molecule has 1 spiro atoms. The van der Waals surface area contributed by atoms with Crippen molar-refractivity contribution in [2.24, 2.45) is 12.5 Å². The highest BCUT2D eigenvalue weighted by Gasteiger charge is 2.54. The maximum Gasteiger partial charge on any atom is 0.573 e. The number of fused-ring (bicyclic) bond motifs is 1. The fraction of sp³-hybridized carbons (Fsp3) is 0.364. The molecule has 0 unspecified atom stereocenters. The Morgan fingerprint density at radius 1 is 1.23 bits per heavy atom. The topological polar surface area (TPSA) is 117 Å². The van der Waals surface area contributed by atoms with Crippen molar-refractivity contribution in [1.82, 2.24) is 24.4 Å². The van der Waals surface area contributed by atoms with Crippen LogP contribution < -0.4 is 15.4 Å². The molecule has 2 aromatic heterocycles. The molecule has 3 amide bonds. The van der Waals surface area contributed by atoms with Crippen molar-refractivity contribution in [3.8, 4) is 11.8 Å². The number of aromatic nitrogens is 3. The molecule has 0 bridgehead atoms. The predicted octanol–water partition coefficient (Wildman–Crippen LogP) is 2.87. The van der Waals surface area contributed by atoms with E-state index in [1.54, 1.807) is 27.9 Å². The first-order valence-corrected chi connectivity index (χ1v) is 10.7. The minimum atomic E-state index is -4.92. The first kappa shape index (κ1) is 22.6. The molecule has 3 aromatic rings. The van der Waals surface area contributed by atoms with Crippen molar-refractivity contribution >= 4 is 23.3 Å². The van der Waals surface area contributed by atoms with E-state index in [9.17, 15) is 22.8 Å². The maximum atomic E-state index is 12.9. The van der Waals surface area contributed by atoms with Crippen molar-refractivity contribution in [1.29, 1.82) is 5.26 Å². The molecule has 2 N–H and O–H groups in total. The number of alkyl halides is 3. The van der Waals surface area contributed by atoms with Gasteiger partial charge in [-0.25, -0.2) is 9.31 Å². The number of rotatable bonds is 4. The molecule has 2 aliphatic rings. The van der Waals surface area contributed by atoms with Crippen LogP contribution in [0.5, 0.6) is 5.75 Å². The summed E-state index contributed by atoms with van der Waals surface area (Å²) in [5.41, 5.74) is 1.13. The number of nitrogens with one attached hydrogen (secondary N) is 2. The molecule has 1 aliphatic heterocycles. The van der Waals surface area contributed by atoms with E-state index in [1.165, 1.54) is 6.07 Å². The second-order valence-electron chi connectivity index (χ2n) is 9.01. The molecular weight excluding hydrogens is 467 g/mol. The number of nitriles is 1. The van der Waals surface area contributed by atoms with Crippen molar-refractivity contribution in [3.63, 3.8) is 0 Å². The molecule has 2 fully saturated rings. The van der Waals surface area contributed by atoms with Crippen LogP contribution >= 0.6 is 0 Å². The highest BCUT2D eigenvalue weighted by molar-refractivity contribution is 6.00. The Morgan fingerprint density at radius 2 is 1.97 bits per heavy atom. The minimum absolute atomic E-state index is 0.00317. The van der Waals surface area contributed by atoms with Gasteiger partial charge in [0.25, 0.3) is 5.91 Å². The number of aryl methyl sites for hydroxylation is 1. The van der Waals surface area contributed by atoms with Crippen molar-refractivity contribution in [2.45, 2.75) is 25.2 Å². The number of hydrogen-bond donors (Lipinski definition) is 2. The van der Waals surface area contributed by atoms with Crippen LogP contribution in [-0.2, 0) is 7.05 Å². The SMILES string of the molecule is Cn1ccn2ncc(C(=O)N3CC4(CC(NC(=O)Nc5cc(C#N)cc(OC(F)(F)F)c5)C4)C3)c12. The quantitative estimate of drug-likeness (QED) is 0.587. The molecule has 10 nitrogen and oxygen atoms in total. The normalized spacial score (nSPS) is 16.9. The van der Waals surface area contributed by atoms with Crippen LogP contribution in [0.15, 0.2) is 36.8 Å². The summed E-state index contributed by atoms with van der Waals surface area (Å²) in [5, 5.41) is 18.4. The van der Waals surface area contributed by atoms with E-state index < -0.39 is 18.1 Å². The molecule has 35 heavy (non-hydrogen) atoms. The lowest BCUT2D eigenvalue weighted by Gasteiger charge is -2.58. The van der Waals surface area contributed by atoms with Crippen LogP contribution in [0.4, 0.5) is 23.7 Å². The van der Waals surface area contributed by atoms with Gasteiger partial charge in [-0.2, -0.15) is 10.4 Å². The van der Waals surface area contributed by atoms with Gasteiger partial charge in [-0.1, -0.05) is 0 Å². The minimum Gasteiger partial charge on any atom is -0.406 e. The summed E-state index contributed by atoms with van der Waals surface area (Å²) >= 11 is 0. The molecule has 182 valence electrons. The third-order valence-corrected chi connectivity index (χ3v) is 6.33. The number of urea groups is 1. The summed E-state index contributed by atoms with van der Waals surface area (Å²) in [6, 6.07) is 4.18. The number of imidazole rings is 1. The molecule has 1 aromatic carbocycles. The lowest BCUT2D eigenvalue weighted by atomic mass is 9.60. The summed E-state index contributed by atoms with van der Waals surface area (Å²) in [7, 11) is 1.85. The van der Waals surface area contributed by atoms with Crippen LogP contribution in [0.1, 0.15) is 28.8 Å². The zero-order chi connectivity index (χ0) is 25.0. The number of carbonyl (C=O) groups excluding carboxylic acids is 2. The molecular formula is C22H20F3N7O3. The van der Waals surface area contributed by atoms with E-state index in [0.717, 1.165) is 17.8 Å². The van der Waals surface area contributed by atoms with Gasteiger partial charge in [-0.15, -0.1) is 13.2 Å². The van der Waals surface area contributed by atoms with Gasteiger partial charge >= 0.3 is 12.4 Å². The Kier molecular flexibility index (Phi) is 5.12. The van der Waals surface area contributed by atoms with Gasteiger partial charge in [0.2, 0.25) is 0 Å². The Morgan fingerprint density at radius 3 is 2.66 bits per heavy atom. The number of anilines is 1. The Labute approximate surface area is 196 Å². The van der Waals surface area contributed by atoms with E-state index in [-0.39, 0.29) is 28.6 Å². The Bertz CT molecular complexity index is 1360. The lowest BCUT2D eigenvalue weighted by molar-refractivity contribution is -0.274. The molecule has 0 atom stereocenters. The highest BCUT2D eigenvalue weighted by Crippen LogP contribution is 2.48. The van der Waals surface area contributed by atoms with Gasteiger partial charge < -0.3 is 24.8 Å². The maximum absolute atomic E-state index is 12.9. The number of halogens is 3. The van der Waals surface area contributed by atoms with Crippen molar-refractivity contribution in [2.75, 3.05) is 18.4 Å². The monoisotopic (exact) mass is 487 g/mol. The number of ether oxygens (including phenoxy) is 1. The number of amides is 3. The van der Waals surface area contributed by atoms with Crippen LogP contribution in [0, 0.1) is 16.7 Å². The van der Waals surface area contributed by atoms with E-state index in [4.69, 9.17) is 5.26 Å². The molecule has 1 saturated heterocycles. The van der Waals surface area contributed by atoms with E-state index >= 15 is 0 Å². The van der Waals surface area contributed by atoms with Gasteiger partial charge in [-0.3, -0.25) is 4.79 Å². The van der Waals surface area contributed by atoms with Crippen LogP contribution in [-0.4, -0.2) is 56.5 Å². The fourth-order valence-corrected chi connectivity index (χ4v) is 4.91. The largest absolute Gasteiger partial charge is 0.573 e. The Hall–Kier alpha value is -4.21. The second-order valence-corrected chi connectivity index (χ2v) is 9.01. The van der Waals surface area contributed by atoms with Gasteiger partial charge in [0.15, 0.2) is 0 Å². The van der Waals surface area contributed by atoms with E-state index in [1.807, 2.05) is 17.8 Å². The summed E-state index contributed by atoms with van der Waals surface area (Å²) in [6.07, 6.45) is 1.60. The third-order valence-electron chi connectivity index (χ3n) is 6.33. The first-order valence-electron chi connectivity index (χ1n) is 10.7. The third kappa shape index (κ3) is 4.34. The smallest absolute Gasteiger partial charge is 0.406 e. The summed E-state index contributed by atoms with van der Waals surface area (Å²) < 4.78 is 44.8. The zero-order valence-electron chi connectivity index (χ0n) is 18.5. The van der Waals surface area contributed by atoms with Crippen LogP contribution in [0.2, 0.25) is 0 Å². The van der Waals surface area contributed by atoms with Gasteiger partial charge in [0.1, 0.15) is 17.0 Å². The molecule has 1 aliphatic carbocycles. The number of benzene rings is 1. The van der Waals surface area contributed by atoms with Crippen molar-refractivity contribution < 1.29 is 27.5 Å². The number of likely N-dealkylation sites (tertiary alicyclic amines) is 1. The van der Waals surface area contributed by atoms with Crippen molar-refractivity contribution in [3.05, 3.63) is 47.9 Å². The van der Waals surface area contributed by atoms with Crippen LogP contribution in [0.3, 0.4) is 0 Å². The first-order chi connectivity index (χ1) is 16.5. The van der Waals surface area contributed by atoms with Gasteiger partial charge in [0.05, 0.1) is 17.8 Å². The standard InChI is InChI=1S/C22H20F3N7O3/c1-30-2-3-32-18(30)17(10-27-32)19(33)31-11-21(12-31)7-15(8-21)29-20(34)28-14-4-13(9-26)5-16(6-14)35-22(23,24)25/h2-6,10,15H,7-8,11-12H2,1H3,(H2,28,29,34). The lowest BCUT2D eigenvalue weighted by Crippen LogP contribution is -2.67. The fourth-order valence-electron chi connectivity index (χ4n) is 4.91. The molecule has 0 radical (unpaired) electrons. The van der Waals surface area contributed by atoms with Crippen LogP contribution in [0.25, 0.3) is 5.65 Å². The summed E-state index contributed by atoms with van der Waals surface area (Å²) in [4.78, 5) is 27.0. The van der Waals surface area contributed by atoms with E-state index in [2.05, 4.69) is 20.5 Å². The number of carbonyl (C=O) groups is 2. The number of nitrogens with zero attached hydrogens (tertiary/aromatic N) is 5. The predicted molar refractivity (Wildman–Crippen MR) is 116 cm³/mol. The van der Waals surface area contributed by atoms with E-state index in [0.29, 0.717) is 31.5 Å². The molecule has 3 heterocycles. The summed E-state index contributed by atoms with van der Waals surface area (Å²) in [6.45, 7) is 1.16. The summed E-state index contributed by atoms with van der Waals surface area (Å²) in [5.74, 6) is -0.685. The molecule has 5 rings (SSSR count). The second kappa shape index (κ2) is 7.93. The average molecular weight is 487 g/mol. The Balaban J connectivity index is 1.13. The zero-order valence-corrected chi connectivity index (χ0v) is 18.5. The highest BCUT2D eigenvalue weighted by atomic mass is 19.4. The average Bonchev–Trinajstić information content (AvgIpc) is 3.29. The molecule has 13 heteroatoms. The van der Waals surface area contributed by atoms with Gasteiger partial charge in [0, 0.05) is 55.7 Å². The van der Waals surface area contributed by atoms with Gasteiger partial charge in [-0.05, 0) is 25.0 Å².